The fraction of sp³-hybridized carbons (Fsp3) is 0.705. The van der Waals surface area contributed by atoms with Gasteiger partial charge in [0, 0.05) is 12.8 Å². The third kappa shape index (κ3) is 38.1. The summed E-state index contributed by atoms with van der Waals surface area (Å²) in [5.41, 5.74) is 5.32. The minimum absolute atomic E-state index is 0.108. The van der Waals surface area contributed by atoms with E-state index in [1.54, 1.807) is 0 Å². The Hall–Kier alpha value is -2.82. The highest BCUT2D eigenvalue weighted by Crippen LogP contribution is 2.43. The molecule has 3 atom stereocenters. The van der Waals surface area contributed by atoms with Crippen molar-refractivity contribution in [1.82, 2.24) is 0 Å². The van der Waals surface area contributed by atoms with Crippen molar-refractivity contribution in [2.75, 3.05) is 19.8 Å². The molecule has 4 N–H and O–H groups in total. The van der Waals surface area contributed by atoms with E-state index in [1.807, 2.05) is 0 Å². The molecule has 0 aromatic rings. The third-order valence-corrected chi connectivity index (χ3v) is 9.69. The maximum absolute atomic E-state index is 12.6. The lowest BCUT2D eigenvalue weighted by Crippen LogP contribution is -2.34. The number of carbonyl (C=O) groups is 3. The first-order valence-electron chi connectivity index (χ1n) is 21.3. The highest BCUT2D eigenvalue weighted by Gasteiger charge is 2.28. The van der Waals surface area contributed by atoms with Gasteiger partial charge < -0.3 is 25.2 Å². The topological polar surface area (TPSA) is 172 Å². The second kappa shape index (κ2) is 39.0. The van der Waals surface area contributed by atoms with E-state index in [0.29, 0.717) is 12.8 Å². The van der Waals surface area contributed by atoms with Gasteiger partial charge in [-0.25, -0.2) is 4.57 Å². The second-order valence-corrected chi connectivity index (χ2v) is 15.6. The number of phosphoric acid groups is 1. The van der Waals surface area contributed by atoms with Crippen molar-refractivity contribution in [3.63, 3.8) is 0 Å². The van der Waals surface area contributed by atoms with E-state index in [2.05, 4.69) is 79.1 Å². The molecule has 1 unspecified atom stereocenters. The lowest BCUT2D eigenvalue weighted by molar-refractivity contribution is -0.161. The number of carboxylic acids is 1. The van der Waals surface area contributed by atoms with Crippen LogP contribution in [-0.2, 0) is 37.5 Å². The van der Waals surface area contributed by atoms with Gasteiger partial charge >= 0.3 is 25.7 Å². The number of allylic oxidation sites excluding steroid dienone is 10. The van der Waals surface area contributed by atoms with Gasteiger partial charge in [0.05, 0.1) is 13.2 Å². The van der Waals surface area contributed by atoms with Crippen LogP contribution in [0.1, 0.15) is 168 Å². The Morgan fingerprint density at radius 2 is 0.946 bits per heavy atom. The van der Waals surface area contributed by atoms with Crippen LogP contribution in [0.5, 0.6) is 0 Å². The molecule has 0 radical (unpaired) electrons. The van der Waals surface area contributed by atoms with Crippen LogP contribution >= 0.6 is 7.82 Å². The van der Waals surface area contributed by atoms with Gasteiger partial charge in [-0.2, -0.15) is 0 Å². The van der Waals surface area contributed by atoms with Crippen molar-refractivity contribution >= 4 is 25.7 Å². The fourth-order valence-corrected chi connectivity index (χ4v) is 6.11. The summed E-state index contributed by atoms with van der Waals surface area (Å²) in [6.45, 7) is 2.69. The number of phosphoric ester groups is 1. The van der Waals surface area contributed by atoms with Gasteiger partial charge in [-0.05, 0) is 83.5 Å². The first kappa shape index (κ1) is 53.2. The largest absolute Gasteiger partial charge is 0.480 e. The predicted octanol–water partition coefficient (Wildman–Crippen LogP) is 11.2. The maximum Gasteiger partial charge on any atom is 0.472 e. The van der Waals surface area contributed by atoms with Gasteiger partial charge in [0.1, 0.15) is 12.6 Å². The highest BCUT2D eigenvalue weighted by molar-refractivity contribution is 7.47. The quantitative estimate of drug-likeness (QED) is 0.0233. The standard InChI is InChI=1S/C44H76NO10P/c1-3-5-7-9-11-13-15-17-19-20-22-23-25-27-29-31-33-35-42(46)52-37-40(38-53-56(50,51)54-39-41(45)44(48)49)55-43(47)36-34-32-30-28-26-24-21-18-16-14-12-10-8-6-4-2/h11-14,17-19,21,26,28,40-41H,3-10,15-16,20,22-25,27,29-39,45H2,1-2H3,(H,48,49)(H,50,51)/b13-11+,14-12+,19-17+,21-18+,28-26+/t40-,41+/m1/s1. The lowest BCUT2D eigenvalue weighted by atomic mass is 10.1. The molecule has 0 rings (SSSR count). The summed E-state index contributed by atoms with van der Waals surface area (Å²) in [7, 11) is -4.73. The van der Waals surface area contributed by atoms with Crippen molar-refractivity contribution in [3.05, 3.63) is 60.8 Å². The summed E-state index contributed by atoms with van der Waals surface area (Å²) >= 11 is 0. The van der Waals surface area contributed by atoms with Crippen LogP contribution in [0.15, 0.2) is 60.8 Å². The molecule has 56 heavy (non-hydrogen) atoms. The Bertz CT molecular complexity index is 1180. The number of aliphatic carboxylic acids is 1. The third-order valence-electron chi connectivity index (χ3n) is 8.74. The molecule has 0 amide bonds. The van der Waals surface area contributed by atoms with Crippen LogP contribution in [0, 0.1) is 0 Å². The molecule has 0 aliphatic carbocycles. The van der Waals surface area contributed by atoms with Gasteiger partial charge in [-0.1, -0.05) is 132 Å². The molecule has 0 saturated carbocycles. The summed E-state index contributed by atoms with van der Waals surface area (Å²) in [5.74, 6) is -2.44. The Morgan fingerprint density at radius 1 is 0.554 bits per heavy atom. The van der Waals surface area contributed by atoms with E-state index in [9.17, 15) is 23.8 Å². The lowest BCUT2D eigenvalue weighted by Gasteiger charge is -2.20. The zero-order chi connectivity index (χ0) is 41.4. The summed E-state index contributed by atoms with van der Waals surface area (Å²) < 4.78 is 32.6. The molecule has 0 aromatic carbocycles. The van der Waals surface area contributed by atoms with Crippen molar-refractivity contribution < 1.29 is 47.5 Å². The van der Waals surface area contributed by atoms with E-state index in [4.69, 9.17) is 24.8 Å². The number of unbranched alkanes of at least 4 members (excludes halogenated alkanes) is 15. The van der Waals surface area contributed by atoms with Gasteiger partial charge in [0.15, 0.2) is 6.10 Å². The summed E-state index contributed by atoms with van der Waals surface area (Å²) in [6.07, 6.45) is 44.3. The Labute approximate surface area is 338 Å². The Balaban J connectivity index is 4.46. The average Bonchev–Trinajstić information content (AvgIpc) is 3.17. The number of carbonyl (C=O) groups excluding carboxylic acids is 2. The number of carboxylic acid groups (broad SMARTS) is 1. The first-order chi connectivity index (χ1) is 27.1. The van der Waals surface area contributed by atoms with Crippen molar-refractivity contribution in [3.8, 4) is 0 Å². The molecule has 0 spiro atoms. The van der Waals surface area contributed by atoms with E-state index in [0.717, 1.165) is 70.6 Å². The number of nitrogens with two attached hydrogens (primary N) is 1. The molecule has 0 fully saturated rings. The molecule has 0 aliphatic rings. The van der Waals surface area contributed by atoms with E-state index < -0.39 is 51.1 Å². The number of ether oxygens (including phenoxy) is 2. The molecule has 0 saturated heterocycles. The molecule has 0 heterocycles. The van der Waals surface area contributed by atoms with E-state index >= 15 is 0 Å². The minimum atomic E-state index is -4.73. The van der Waals surface area contributed by atoms with Crippen molar-refractivity contribution in [1.29, 1.82) is 0 Å². The van der Waals surface area contributed by atoms with Gasteiger partial charge in [0.2, 0.25) is 0 Å². The SMILES string of the molecule is CCCCC/C=C/C/C=C/C/C=C/CCCCC(=O)O[C@H](COC(=O)CCCCCCCCC/C=C/C/C=C/CCCCC)COP(=O)(O)OC[C@H](N)C(=O)O. The van der Waals surface area contributed by atoms with E-state index in [1.165, 1.54) is 57.8 Å². The molecule has 12 heteroatoms. The number of hydrogen-bond acceptors (Lipinski definition) is 9. The summed E-state index contributed by atoms with van der Waals surface area (Å²) in [6, 6.07) is -1.53. The molecule has 0 aromatic heterocycles. The van der Waals surface area contributed by atoms with Crippen LogP contribution in [-0.4, -0.2) is 59.9 Å². The highest BCUT2D eigenvalue weighted by atomic mass is 31.2. The average molecular weight is 810 g/mol. The number of rotatable bonds is 39. The second-order valence-electron chi connectivity index (χ2n) is 14.1. The van der Waals surface area contributed by atoms with Gasteiger partial charge in [0.25, 0.3) is 0 Å². The van der Waals surface area contributed by atoms with Crippen LogP contribution in [0.3, 0.4) is 0 Å². The van der Waals surface area contributed by atoms with Crippen LogP contribution in [0.25, 0.3) is 0 Å². The number of esters is 2. The Kier molecular flexibility index (Phi) is 37.1. The van der Waals surface area contributed by atoms with E-state index in [-0.39, 0.29) is 19.4 Å². The molecular weight excluding hydrogens is 733 g/mol. The maximum atomic E-state index is 12.6. The summed E-state index contributed by atoms with van der Waals surface area (Å²) in [4.78, 5) is 45.9. The molecule has 11 nitrogen and oxygen atoms in total. The van der Waals surface area contributed by atoms with Crippen LogP contribution in [0.2, 0.25) is 0 Å². The number of hydrogen-bond donors (Lipinski definition) is 3. The zero-order valence-electron chi connectivity index (χ0n) is 34.7. The first-order valence-corrected chi connectivity index (χ1v) is 22.8. The monoisotopic (exact) mass is 810 g/mol. The summed E-state index contributed by atoms with van der Waals surface area (Å²) in [5, 5.41) is 8.88. The molecule has 0 bridgehead atoms. The predicted molar refractivity (Wildman–Crippen MR) is 226 cm³/mol. The smallest absolute Gasteiger partial charge is 0.472 e. The molecule has 322 valence electrons. The van der Waals surface area contributed by atoms with Gasteiger partial charge in [-0.3, -0.25) is 23.4 Å². The fourth-order valence-electron chi connectivity index (χ4n) is 5.34. The zero-order valence-corrected chi connectivity index (χ0v) is 35.6. The Morgan fingerprint density at radius 3 is 1.45 bits per heavy atom. The molecule has 0 aliphatic heterocycles. The minimum Gasteiger partial charge on any atom is -0.480 e. The van der Waals surface area contributed by atoms with Crippen LogP contribution < -0.4 is 5.73 Å². The van der Waals surface area contributed by atoms with Gasteiger partial charge in [-0.15, -0.1) is 0 Å². The normalized spacial score (nSPS) is 14.4. The molecular formula is C44H76NO10P. The van der Waals surface area contributed by atoms with Crippen molar-refractivity contribution in [2.45, 2.75) is 180 Å². The van der Waals surface area contributed by atoms with Crippen molar-refractivity contribution in [2.24, 2.45) is 5.73 Å². The van der Waals surface area contributed by atoms with Crippen LogP contribution in [0.4, 0.5) is 0 Å².